The normalized spacial score (nSPS) is 12.1. The van der Waals surface area contributed by atoms with Crippen LogP contribution in [0.5, 0.6) is 0 Å². The van der Waals surface area contributed by atoms with Gasteiger partial charge in [-0.3, -0.25) is 4.79 Å². The molecule has 1 amide bonds. The van der Waals surface area contributed by atoms with Gasteiger partial charge in [0.05, 0.1) is 11.8 Å². The highest BCUT2D eigenvalue weighted by Gasteiger charge is 2.13. The number of benzene rings is 1. The van der Waals surface area contributed by atoms with Crippen LogP contribution in [0.1, 0.15) is 11.8 Å². The van der Waals surface area contributed by atoms with Gasteiger partial charge < -0.3 is 5.32 Å². The molecule has 1 atom stereocenters. The fourth-order valence-corrected chi connectivity index (χ4v) is 3.16. The Morgan fingerprint density at radius 1 is 1.37 bits per heavy atom. The van der Waals surface area contributed by atoms with Crippen LogP contribution in [-0.4, -0.2) is 11.2 Å². The van der Waals surface area contributed by atoms with Crippen LogP contribution in [0.4, 0.5) is 0 Å². The molecule has 2 aromatic rings. The fourth-order valence-electron chi connectivity index (χ4n) is 1.50. The molecular weight excluding hydrogens is 298 g/mol. The highest BCUT2D eigenvalue weighted by Crippen LogP contribution is 2.24. The van der Waals surface area contributed by atoms with Crippen LogP contribution in [0.15, 0.2) is 46.7 Å². The zero-order valence-corrected chi connectivity index (χ0v) is 12.8. The van der Waals surface area contributed by atoms with Crippen molar-refractivity contribution in [2.75, 3.05) is 0 Å². The molecule has 1 aromatic carbocycles. The molecule has 0 bridgehead atoms. The zero-order valence-electron chi connectivity index (χ0n) is 10.4. The van der Waals surface area contributed by atoms with E-state index in [1.807, 2.05) is 48.7 Å². The van der Waals surface area contributed by atoms with Gasteiger partial charge in [-0.25, -0.2) is 0 Å². The van der Waals surface area contributed by atoms with E-state index in [-0.39, 0.29) is 11.2 Å². The monoisotopic (exact) mass is 311 g/mol. The van der Waals surface area contributed by atoms with Gasteiger partial charge in [0.15, 0.2) is 0 Å². The van der Waals surface area contributed by atoms with Crippen molar-refractivity contribution in [2.24, 2.45) is 0 Å². The highest BCUT2D eigenvalue weighted by molar-refractivity contribution is 8.00. The molecule has 0 aliphatic heterocycles. The van der Waals surface area contributed by atoms with E-state index < -0.39 is 0 Å². The molecule has 1 aromatic heterocycles. The Morgan fingerprint density at radius 3 is 2.74 bits per heavy atom. The van der Waals surface area contributed by atoms with E-state index in [4.69, 9.17) is 11.6 Å². The van der Waals surface area contributed by atoms with Gasteiger partial charge in [-0.1, -0.05) is 17.7 Å². The van der Waals surface area contributed by atoms with Crippen molar-refractivity contribution in [1.82, 2.24) is 5.32 Å². The van der Waals surface area contributed by atoms with E-state index in [9.17, 15) is 4.79 Å². The van der Waals surface area contributed by atoms with Crippen molar-refractivity contribution in [3.05, 3.63) is 51.7 Å². The number of carbonyl (C=O) groups is 1. The smallest absolute Gasteiger partial charge is 0.233 e. The van der Waals surface area contributed by atoms with E-state index in [0.29, 0.717) is 11.6 Å². The van der Waals surface area contributed by atoms with Crippen LogP contribution in [0, 0.1) is 0 Å². The number of amides is 1. The standard InChI is InChI=1S/C14H14ClNOS2/c1-10(19-12-6-4-11(15)5-7-12)14(17)16-9-13-3-2-8-18-13/h2-8,10H,9H2,1H3,(H,16,17)/t10-/m1/s1. The molecule has 0 radical (unpaired) electrons. The Balaban J connectivity index is 1.83. The first kappa shape index (κ1) is 14.4. The molecule has 0 spiro atoms. The number of halogens is 1. The maximum absolute atomic E-state index is 12.0. The van der Waals surface area contributed by atoms with Gasteiger partial charge in [-0.2, -0.15) is 0 Å². The lowest BCUT2D eigenvalue weighted by Crippen LogP contribution is -2.30. The summed E-state index contributed by atoms with van der Waals surface area (Å²) in [5.74, 6) is 0.0494. The van der Waals surface area contributed by atoms with E-state index in [1.54, 1.807) is 11.3 Å². The summed E-state index contributed by atoms with van der Waals surface area (Å²) in [7, 11) is 0. The lowest BCUT2D eigenvalue weighted by Gasteiger charge is -2.11. The van der Waals surface area contributed by atoms with Gasteiger partial charge >= 0.3 is 0 Å². The van der Waals surface area contributed by atoms with Crippen molar-refractivity contribution in [3.63, 3.8) is 0 Å². The van der Waals surface area contributed by atoms with Crippen molar-refractivity contribution >= 4 is 40.6 Å². The summed E-state index contributed by atoms with van der Waals surface area (Å²) in [5.41, 5.74) is 0. The van der Waals surface area contributed by atoms with Gasteiger partial charge in [0.1, 0.15) is 0 Å². The van der Waals surface area contributed by atoms with E-state index in [2.05, 4.69) is 5.32 Å². The second-order valence-corrected chi connectivity index (χ2v) is 6.89. The maximum atomic E-state index is 12.0. The predicted molar refractivity (Wildman–Crippen MR) is 82.9 cm³/mol. The van der Waals surface area contributed by atoms with Crippen LogP contribution in [-0.2, 0) is 11.3 Å². The fraction of sp³-hybridized carbons (Fsp3) is 0.214. The lowest BCUT2D eigenvalue weighted by atomic mass is 10.4. The molecule has 2 nitrogen and oxygen atoms in total. The number of thioether (sulfide) groups is 1. The van der Waals surface area contributed by atoms with Crippen LogP contribution in [0.3, 0.4) is 0 Å². The first-order valence-electron chi connectivity index (χ1n) is 5.87. The Kier molecular flexibility index (Phi) is 5.31. The zero-order chi connectivity index (χ0) is 13.7. The largest absolute Gasteiger partial charge is 0.350 e. The first-order chi connectivity index (χ1) is 9.15. The van der Waals surface area contributed by atoms with Gasteiger partial charge in [-0.15, -0.1) is 23.1 Å². The minimum absolute atomic E-state index is 0.0494. The van der Waals surface area contributed by atoms with Crippen LogP contribution < -0.4 is 5.32 Å². The summed E-state index contributed by atoms with van der Waals surface area (Å²) in [4.78, 5) is 14.2. The second kappa shape index (κ2) is 6.98. The number of hydrogen-bond acceptors (Lipinski definition) is 3. The Bertz CT molecular complexity index is 525. The van der Waals surface area contributed by atoms with Crippen molar-refractivity contribution < 1.29 is 4.79 Å². The van der Waals surface area contributed by atoms with E-state index in [1.165, 1.54) is 11.8 Å². The Hall–Kier alpha value is -0.970. The minimum Gasteiger partial charge on any atom is -0.350 e. The predicted octanol–water partition coefficient (Wildman–Crippen LogP) is 4.20. The SMILES string of the molecule is C[C@@H](Sc1ccc(Cl)cc1)C(=O)NCc1cccs1. The number of nitrogens with one attached hydrogen (secondary N) is 1. The molecule has 0 aliphatic rings. The Labute approximate surface area is 126 Å². The molecule has 5 heteroatoms. The van der Waals surface area contributed by atoms with Gasteiger partial charge in [0, 0.05) is 14.8 Å². The lowest BCUT2D eigenvalue weighted by molar-refractivity contribution is -0.120. The summed E-state index contributed by atoms with van der Waals surface area (Å²) in [6.07, 6.45) is 0. The quantitative estimate of drug-likeness (QED) is 0.839. The number of hydrogen-bond donors (Lipinski definition) is 1. The van der Waals surface area contributed by atoms with Crippen molar-refractivity contribution in [1.29, 1.82) is 0 Å². The topological polar surface area (TPSA) is 29.1 Å². The Morgan fingerprint density at radius 2 is 2.11 bits per heavy atom. The second-order valence-electron chi connectivity index (χ2n) is 4.01. The number of thiophene rings is 1. The molecular formula is C14H14ClNOS2. The molecule has 0 unspecified atom stereocenters. The molecule has 0 saturated carbocycles. The third-order valence-corrected chi connectivity index (χ3v) is 4.75. The first-order valence-corrected chi connectivity index (χ1v) is 8.01. The van der Waals surface area contributed by atoms with Crippen LogP contribution >= 0.6 is 34.7 Å². The maximum Gasteiger partial charge on any atom is 0.233 e. The van der Waals surface area contributed by atoms with Crippen LogP contribution in [0.2, 0.25) is 5.02 Å². The third-order valence-electron chi connectivity index (χ3n) is 2.51. The van der Waals surface area contributed by atoms with Gasteiger partial charge in [-0.05, 0) is 42.6 Å². The third kappa shape index (κ3) is 4.56. The molecule has 19 heavy (non-hydrogen) atoms. The van der Waals surface area contributed by atoms with Gasteiger partial charge in [0.2, 0.25) is 5.91 Å². The minimum atomic E-state index is -0.124. The van der Waals surface area contributed by atoms with E-state index >= 15 is 0 Å². The summed E-state index contributed by atoms with van der Waals surface area (Å²) in [6, 6.07) is 11.5. The van der Waals surface area contributed by atoms with Crippen LogP contribution in [0.25, 0.3) is 0 Å². The number of carbonyl (C=O) groups excluding carboxylic acids is 1. The molecule has 1 heterocycles. The molecule has 100 valence electrons. The van der Waals surface area contributed by atoms with Crippen molar-refractivity contribution in [3.8, 4) is 0 Å². The molecule has 2 rings (SSSR count). The number of rotatable bonds is 5. The molecule has 0 fully saturated rings. The molecule has 1 N–H and O–H groups in total. The molecule has 0 saturated heterocycles. The highest BCUT2D eigenvalue weighted by atomic mass is 35.5. The summed E-state index contributed by atoms with van der Waals surface area (Å²) < 4.78 is 0. The average Bonchev–Trinajstić information content (AvgIpc) is 2.91. The summed E-state index contributed by atoms with van der Waals surface area (Å²) >= 11 is 9.01. The van der Waals surface area contributed by atoms with Crippen molar-refractivity contribution in [2.45, 2.75) is 23.6 Å². The summed E-state index contributed by atoms with van der Waals surface area (Å²) in [5, 5.41) is 5.53. The molecule has 0 aliphatic carbocycles. The van der Waals surface area contributed by atoms with E-state index in [0.717, 1.165) is 9.77 Å². The summed E-state index contributed by atoms with van der Waals surface area (Å²) in [6.45, 7) is 2.51. The average molecular weight is 312 g/mol. The van der Waals surface area contributed by atoms with Gasteiger partial charge in [0.25, 0.3) is 0 Å².